The molecule has 0 amide bonds. The van der Waals surface area contributed by atoms with Crippen LogP contribution in [0.2, 0.25) is 0 Å². The van der Waals surface area contributed by atoms with E-state index in [-0.39, 0.29) is 12.6 Å². The molecule has 0 aliphatic heterocycles. The maximum Gasteiger partial charge on any atom is 0.343 e. The lowest BCUT2D eigenvalue weighted by Crippen LogP contribution is -2.15. The van der Waals surface area contributed by atoms with Crippen LogP contribution in [0.25, 0.3) is 0 Å². The predicted molar refractivity (Wildman–Crippen MR) is 112 cm³/mol. The molecule has 0 spiro atoms. The van der Waals surface area contributed by atoms with Crippen LogP contribution in [0.15, 0.2) is 54.9 Å². The van der Waals surface area contributed by atoms with Gasteiger partial charge in [-0.2, -0.15) is 5.10 Å². The maximum absolute atomic E-state index is 11.3. The number of hydrogen-bond acceptors (Lipinski definition) is 5. The molecule has 0 aliphatic carbocycles. The maximum atomic E-state index is 11.3. The number of esters is 1. The van der Waals surface area contributed by atoms with Crippen molar-refractivity contribution < 1.29 is 14.3 Å². The number of carbonyl (C=O) groups excluding carboxylic acids is 1. The molecule has 152 valence electrons. The van der Waals surface area contributed by atoms with Gasteiger partial charge in [-0.3, -0.25) is 4.68 Å². The summed E-state index contributed by atoms with van der Waals surface area (Å²) in [6, 6.07) is 14.6. The number of aryl methyl sites for hydroxylation is 2. The largest absolute Gasteiger partial charge is 0.481 e. The number of hydrogen-bond donors (Lipinski definition) is 1. The summed E-state index contributed by atoms with van der Waals surface area (Å²) in [6.45, 7) is 6.20. The minimum Gasteiger partial charge on any atom is -0.481 e. The van der Waals surface area contributed by atoms with Gasteiger partial charge in [0.2, 0.25) is 0 Å². The number of nitrogens with one attached hydrogen (secondary N) is 1. The van der Waals surface area contributed by atoms with Crippen molar-refractivity contribution in [2.75, 3.05) is 13.7 Å². The summed E-state index contributed by atoms with van der Waals surface area (Å²) in [5.74, 6) is 0.356. The van der Waals surface area contributed by atoms with Crippen LogP contribution >= 0.6 is 0 Å². The fourth-order valence-corrected chi connectivity index (χ4v) is 3.33. The van der Waals surface area contributed by atoms with Gasteiger partial charge in [0.05, 0.1) is 13.7 Å². The standard InChI is InChI=1S/C23H27N3O3/c1-17-10-21(11-18(2)23(17)29-16-22(27)28-3)14-24-13-19-6-4-7-20(12-19)15-26-9-5-8-25-26/h4-12,24H,13-16H2,1-3H3. The topological polar surface area (TPSA) is 65.4 Å². The Kier molecular flexibility index (Phi) is 7.03. The van der Waals surface area contributed by atoms with Crippen LogP contribution in [0, 0.1) is 13.8 Å². The number of aromatic nitrogens is 2. The smallest absolute Gasteiger partial charge is 0.343 e. The summed E-state index contributed by atoms with van der Waals surface area (Å²) in [4.78, 5) is 11.3. The van der Waals surface area contributed by atoms with E-state index in [4.69, 9.17) is 4.74 Å². The van der Waals surface area contributed by atoms with Gasteiger partial charge in [-0.25, -0.2) is 4.79 Å². The number of carbonyl (C=O) groups is 1. The van der Waals surface area contributed by atoms with E-state index in [1.165, 1.54) is 23.8 Å². The van der Waals surface area contributed by atoms with Gasteiger partial charge in [0.25, 0.3) is 0 Å². The van der Waals surface area contributed by atoms with Crippen LogP contribution < -0.4 is 10.1 Å². The second-order valence-corrected chi connectivity index (χ2v) is 7.05. The van der Waals surface area contributed by atoms with E-state index < -0.39 is 0 Å². The van der Waals surface area contributed by atoms with Crippen molar-refractivity contribution >= 4 is 5.97 Å². The Balaban J connectivity index is 1.55. The lowest BCUT2D eigenvalue weighted by molar-refractivity contribution is -0.142. The molecule has 6 heteroatoms. The Bertz CT molecular complexity index is 929. The fraction of sp³-hybridized carbons (Fsp3) is 0.304. The molecular weight excluding hydrogens is 366 g/mol. The monoisotopic (exact) mass is 393 g/mol. The molecule has 2 aromatic carbocycles. The van der Waals surface area contributed by atoms with Crippen LogP contribution in [-0.2, 0) is 29.2 Å². The zero-order valence-electron chi connectivity index (χ0n) is 17.1. The van der Waals surface area contributed by atoms with Crippen LogP contribution in [0.3, 0.4) is 0 Å². The number of ether oxygens (including phenoxy) is 2. The van der Waals surface area contributed by atoms with E-state index in [2.05, 4.69) is 51.6 Å². The Labute approximate surface area is 171 Å². The van der Waals surface area contributed by atoms with Gasteiger partial charge >= 0.3 is 5.97 Å². The summed E-state index contributed by atoms with van der Waals surface area (Å²) < 4.78 is 12.2. The average molecular weight is 393 g/mol. The lowest BCUT2D eigenvalue weighted by atomic mass is 10.1. The first-order valence-corrected chi connectivity index (χ1v) is 9.61. The molecule has 3 rings (SSSR count). The molecule has 0 atom stereocenters. The van der Waals surface area contributed by atoms with E-state index >= 15 is 0 Å². The fourth-order valence-electron chi connectivity index (χ4n) is 3.33. The summed E-state index contributed by atoms with van der Waals surface area (Å²) in [6.07, 6.45) is 3.76. The van der Waals surface area contributed by atoms with Crippen LogP contribution in [0.4, 0.5) is 0 Å². The highest BCUT2D eigenvalue weighted by Gasteiger charge is 2.09. The molecule has 0 saturated carbocycles. The molecule has 0 radical (unpaired) electrons. The number of benzene rings is 2. The molecule has 0 saturated heterocycles. The minimum absolute atomic E-state index is 0.0787. The van der Waals surface area contributed by atoms with Crippen molar-refractivity contribution in [3.63, 3.8) is 0 Å². The van der Waals surface area contributed by atoms with Gasteiger partial charge in [-0.05, 0) is 47.7 Å². The molecule has 0 bridgehead atoms. The molecule has 0 aliphatic rings. The first-order chi connectivity index (χ1) is 14.0. The number of rotatable bonds is 9. The van der Waals surface area contributed by atoms with E-state index in [0.29, 0.717) is 0 Å². The zero-order chi connectivity index (χ0) is 20.6. The van der Waals surface area contributed by atoms with E-state index in [1.54, 1.807) is 6.20 Å². The summed E-state index contributed by atoms with van der Waals surface area (Å²) in [5.41, 5.74) is 5.66. The Morgan fingerprint density at radius 2 is 1.76 bits per heavy atom. The average Bonchev–Trinajstić information content (AvgIpc) is 3.20. The highest BCUT2D eigenvalue weighted by atomic mass is 16.6. The molecule has 3 aromatic rings. The SMILES string of the molecule is COC(=O)COc1c(C)cc(CNCc2cccc(Cn3cccn3)c2)cc1C. The van der Waals surface area contributed by atoms with Crippen LogP contribution in [-0.4, -0.2) is 29.5 Å². The van der Waals surface area contributed by atoms with Crippen LogP contribution in [0.5, 0.6) is 5.75 Å². The normalized spacial score (nSPS) is 10.7. The molecule has 6 nitrogen and oxygen atoms in total. The van der Waals surface area contributed by atoms with Crippen molar-refractivity contribution in [2.24, 2.45) is 0 Å². The summed E-state index contributed by atoms with van der Waals surface area (Å²) in [7, 11) is 1.35. The molecule has 0 fully saturated rings. The Morgan fingerprint density at radius 3 is 2.45 bits per heavy atom. The Hall–Kier alpha value is -3.12. The van der Waals surface area contributed by atoms with Gasteiger partial charge in [0.15, 0.2) is 6.61 Å². The van der Waals surface area contributed by atoms with Crippen molar-refractivity contribution in [2.45, 2.75) is 33.5 Å². The number of nitrogens with zero attached hydrogens (tertiary/aromatic N) is 2. The third kappa shape index (κ3) is 5.93. The molecule has 0 unspecified atom stereocenters. The summed E-state index contributed by atoms with van der Waals surface area (Å²) >= 11 is 0. The molecule has 1 heterocycles. The third-order valence-corrected chi connectivity index (χ3v) is 4.64. The second kappa shape index (κ2) is 9.89. The van der Waals surface area contributed by atoms with Gasteiger partial charge in [0, 0.05) is 25.5 Å². The highest BCUT2D eigenvalue weighted by Crippen LogP contribution is 2.25. The van der Waals surface area contributed by atoms with E-state index in [9.17, 15) is 4.79 Å². The molecule has 1 N–H and O–H groups in total. The first kappa shape index (κ1) is 20.6. The number of methoxy groups -OCH3 is 1. The van der Waals surface area contributed by atoms with Crippen molar-refractivity contribution in [1.82, 2.24) is 15.1 Å². The summed E-state index contributed by atoms with van der Waals surface area (Å²) in [5, 5.41) is 7.76. The van der Waals surface area contributed by atoms with Gasteiger partial charge < -0.3 is 14.8 Å². The molecular formula is C23H27N3O3. The van der Waals surface area contributed by atoms with Gasteiger partial charge in [-0.1, -0.05) is 36.4 Å². The minimum atomic E-state index is -0.385. The second-order valence-electron chi connectivity index (χ2n) is 7.05. The lowest BCUT2D eigenvalue weighted by Gasteiger charge is -2.14. The quantitative estimate of drug-likeness (QED) is 0.565. The van der Waals surface area contributed by atoms with Crippen molar-refractivity contribution in [3.05, 3.63) is 82.7 Å². The third-order valence-electron chi connectivity index (χ3n) is 4.64. The van der Waals surface area contributed by atoms with Crippen LogP contribution in [0.1, 0.15) is 27.8 Å². The van der Waals surface area contributed by atoms with Crippen molar-refractivity contribution in [1.29, 1.82) is 0 Å². The van der Waals surface area contributed by atoms with E-state index in [1.807, 2.05) is 30.8 Å². The zero-order valence-corrected chi connectivity index (χ0v) is 17.1. The molecule has 29 heavy (non-hydrogen) atoms. The predicted octanol–water partition coefficient (Wildman–Crippen LogP) is 3.39. The Morgan fingerprint density at radius 1 is 1.03 bits per heavy atom. The first-order valence-electron chi connectivity index (χ1n) is 9.61. The van der Waals surface area contributed by atoms with E-state index in [0.717, 1.165) is 36.5 Å². The van der Waals surface area contributed by atoms with Crippen molar-refractivity contribution in [3.8, 4) is 5.75 Å². The van der Waals surface area contributed by atoms with Gasteiger partial charge in [0.1, 0.15) is 5.75 Å². The molecule has 1 aromatic heterocycles. The highest BCUT2D eigenvalue weighted by molar-refractivity contribution is 5.71. The van der Waals surface area contributed by atoms with Gasteiger partial charge in [-0.15, -0.1) is 0 Å².